The van der Waals surface area contributed by atoms with E-state index in [-0.39, 0.29) is 19.4 Å². The molecule has 2 aliphatic heterocycles. The highest BCUT2D eigenvalue weighted by atomic mass is 16.6. The number of fused-ring (bicyclic) bond motifs is 1. The first-order chi connectivity index (χ1) is 39.2. The van der Waals surface area contributed by atoms with E-state index in [0.717, 1.165) is 12.0 Å². The minimum atomic E-state index is -1.56. The number of carbonyl (C=O) groups is 11. The molecule has 0 aliphatic carbocycles. The fourth-order valence-corrected chi connectivity index (χ4v) is 11.6. The molecular weight excluding hydrogens is 1080 g/mol. The lowest BCUT2D eigenvalue weighted by Gasteiger charge is -2.43. The fourth-order valence-electron chi connectivity index (χ4n) is 11.6. The van der Waals surface area contributed by atoms with Gasteiger partial charge in [0.05, 0.1) is 27.2 Å². The highest BCUT2D eigenvalue weighted by Crippen LogP contribution is 2.29. The van der Waals surface area contributed by atoms with Crippen molar-refractivity contribution in [2.24, 2.45) is 29.6 Å². The molecule has 0 N–H and O–H groups in total. The van der Waals surface area contributed by atoms with Crippen LogP contribution in [0.3, 0.4) is 0 Å². The van der Waals surface area contributed by atoms with Crippen molar-refractivity contribution in [1.29, 1.82) is 0 Å². The number of piperidine rings is 1. The predicted octanol–water partition coefficient (Wildman–Crippen LogP) is 3.43. The minimum Gasteiger partial charge on any atom is -0.497 e. The van der Waals surface area contributed by atoms with Crippen LogP contribution in [0.4, 0.5) is 0 Å². The number of benzene rings is 1. The summed E-state index contributed by atoms with van der Waals surface area (Å²) in [4.78, 5) is 173. The van der Waals surface area contributed by atoms with E-state index in [4.69, 9.17) is 14.2 Å². The summed E-state index contributed by atoms with van der Waals surface area (Å²) in [6, 6.07) is -3.24. The largest absolute Gasteiger partial charge is 0.497 e. The van der Waals surface area contributed by atoms with E-state index in [1.807, 2.05) is 13.8 Å². The van der Waals surface area contributed by atoms with E-state index >= 15 is 19.2 Å². The van der Waals surface area contributed by atoms with Crippen molar-refractivity contribution in [3.63, 3.8) is 0 Å². The van der Waals surface area contributed by atoms with E-state index in [1.165, 1.54) is 110 Å². The lowest BCUT2D eigenvalue weighted by Crippen LogP contribution is -2.63. The van der Waals surface area contributed by atoms with Gasteiger partial charge in [-0.05, 0) is 73.5 Å². The van der Waals surface area contributed by atoms with Gasteiger partial charge in [0.25, 0.3) is 5.91 Å². The van der Waals surface area contributed by atoms with E-state index in [2.05, 4.69) is 0 Å². The SMILES string of the molecule is CC[C@H](C)[C@H]1C(=O)N(C)CC(=O)N(C)[C@@H](C(C)C)C(=O)N(C)[C@@H](Cc2ccc(OC)cc2)C(=O)O[C@H](C)C(=O)N2CCCC[C@H]2C(=O)N(C)[C@@H](C(C)C)C(=O)N(C)[C@@H](C(C)C)C(=O)N(C)[C@@H](CC(=O)OC)C(=O)N(C)[C@@H]([C@@H](C)CC)C(=O)N1C. The van der Waals surface area contributed by atoms with Gasteiger partial charge in [-0.15, -0.1) is 0 Å². The van der Waals surface area contributed by atoms with Crippen LogP contribution in [0.25, 0.3) is 0 Å². The van der Waals surface area contributed by atoms with Gasteiger partial charge in [0.1, 0.15) is 54.1 Å². The molecule has 1 aromatic rings. The smallest absolute Gasteiger partial charge is 0.329 e. The molecule has 1 aromatic carbocycles. The highest BCUT2D eigenvalue weighted by Gasteiger charge is 2.48. The van der Waals surface area contributed by atoms with Crippen LogP contribution in [-0.4, -0.2) is 247 Å². The molecule has 472 valence electrons. The number of esters is 2. The lowest BCUT2D eigenvalue weighted by molar-refractivity contribution is -0.169. The van der Waals surface area contributed by atoms with Crippen molar-refractivity contribution < 1.29 is 67.0 Å². The molecule has 0 radical (unpaired) electrons. The van der Waals surface area contributed by atoms with Gasteiger partial charge < -0.3 is 58.3 Å². The van der Waals surface area contributed by atoms with Gasteiger partial charge >= 0.3 is 11.9 Å². The third kappa shape index (κ3) is 16.5. The van der Waals surface area contributed by atoms with Gasteiger partial charge in [0.2, 0.25) is 47.3 Å². The molecule has 2 fully saturated rings. The molecule has 0 spiro atoms. The van der Waals surface area contributed by atoms with E-state index in [0.29, 0.717) is 37.0 Å². The monoisotopic (exact) mass is 1180 g/mol. The Labute approximate surface area is 498 Å². The second kappa shape index (κ2) is 31.4. The molecule has 84 heavy (non-hydrogen) atoms. The second-order valence-corrected chi connectivity index (χ2v) is 24.1. The molecule has 3 rings (SSSR count). The number of ether oxygens (including phenoxy) is 3. The summed E-state index contributed by atoms with van der Waals surface area (Å²) in [5.74, 6) is -9.89. The predicted molar refractivity (Wildman–Crippen MR) is 315 cm³/mol. The zero-order chi connectivity index (χ0) is 64.1. The van der Waals surface area contributed by atoms with Gasteiger partial charge in [-0.25, -0.2) is 4.79 Å². The summed E-state index contributed by atoms with van der Waals surface area (Å²) >= 11 is 0. The third-order valence-electron chi connectivity index (χ3n) is 17.2. The van der Waals surface area contributed by atoms with Crippen LogP contribution in [0, 0.1) is 29.6 Å². The summed E-state index contributed by atoms with van der Waals surface area (Å²) in [5.41, 5.74) is 0.607. The van der Waals surface area contributed by atoms with Crippen molar-refractivity contribution in [2.45, 2.75) is 176 Å². The maximum Gasteiger partial charge on any atom is 0.329 e. The first-order valence-electron chi connectivity index (χ1n) is 29.5. The quantitative estimate of drug-likeness (QED) is 0.273. The molecule has 23 nitrogen and oxygen atoms in total. The van der Waals surface area contributed by atoms with Crippen molar-refractivity contribution in [3.05, 3.63) is 29.8 Å². The van der Waals surface area contributed by atoms with E-state index in [1.54, 1.807) is 79.7 Å². The van der Waals surface area contributed by atoms with E-state index in [9.17, 15) is 33.6 Å². The van der Waals surface area contributed by atoms with Gasteiger partial charge in [0, 0.05) is 69.3 Å². The summed E-state index contributed by atoms with van der Waals surface area (Å²) in [6.45, 7) is 18.6. The Morgan fingerprint density at radius 2 is 0.964 bits per heavy atom. The van der Waals surface area contributed by atoms with Crippen LogP contribution in [0.5, 0.6) is 5.75 Å². The summed E-state index contributed by atoms with van der Waals surface area (Å²) in [5, 5.41) is 0. The van der Waals surface area contributed by atoms with Gasteiger partial charge in [-0.1, -0.05) is 94.2 Å². The fraction of sp³-hybridized carbons (Fsp3) is 0.721. The molecule has 11 atom stereocenters. The zero-order valence-electron chi connectivity index (χ0n) is 54.0. The molecule has 2 saturated heterocycles. The minimum absolute atomic E-state index is 0.0842. The van der Waals surface area contributed by atoms with E-state index < -0.39 is 162 Å². The molecule has 2 heterocycles. The summed E-state index contributed by atoms with van der Waals surface area (Å²) < 4.78 is 16.4. The van der Waals surface area contributed by atoms with Crippen LogP contribution >= 0.6 is 0 Å². The average Bonchev–Trinajstić information content (AvgIpc) is 1.92. The Morgan fingerprint density at radius 1 is 0.536 bits per heavy atom. The summed E-state index contributed by atoms with van der Waals surface area (Å²) in [6.07, 6.45) is -0.111. The van der Waals surface area contributed by atoms with Crippen molar-refractivity contribution in [3.8, 4) is 5.75 Å². The Bertz CT molecular complexity index is 2510. The van der Waals surface area contributed by atoms with Gasteiger partial charge in [-0.2, -0.15) is 0 Å². The maximum absolute atomic E-state index is 15.2. The normalized spacial score (nSPS) is 26.4. The molecule has 0 unspecified atom stereocenters. The number of cyclic esters (lactones) is 1. The number of nitrogens with zero attached hydrogens (tertiary/aromatic N) is 9. The van der Waals surface area contributed by atoms with Crippen LogP contribution in [0.2, 0.25) is 0 Å². The molecular formula is C61H99N9O14. The standard InChI is InChI=1S/C61H99N9O14/c1-22-38(9)51-56(76)62(12)34-46(71)65(15)48(35(3)4)57(77)64(14)45(32-41-27-29-42(82-20)30-28-41)61(81)84-40(11)53(73)70-31-25-24-26-43(70)54(74)66(16)50(37(7)8)59(79)67(17)49(36(5)6)58(78)63(13)44(33-47(72)83-21)55(75)68(18)52(39(10)23-2)60(80)69(51)19/h27-30,35-40,43-45,48-52H,22-26,31-34H2,1-21H3/t38-,39-,40+,43-,44-,45-,48-,49-,50-,51-,52-/m0/s1. The van der Waals surface area contributed by atoms with Crippen LogP contribution < -0.4 is 4.74 Å². The number of likely N-dealkylation sites (N-methyl/N-ethyl adjacent to an activating group) is 8. The zero-order valence-corrected chi connectivity index (χ0v) is 54.0. The van der Waals surface area contributed by atoms with Crippen molar-refractivity contribution in [2.75, 3.05) is 83.7 Å². The number of amides is 9. The second-order valence-electron chi connectivity index (χ2n) is 24.1. The molecule has 23 heteroatoms. The highest BCUT2D eigenvalue weighted by molar-refractivity contribution is 5.99. The number of hydrogen-bond donors (Lipinski definition) is 0. The first kappa shape index (κ1) is 71.5. The maximum atomic E-state index is 15.2. The van der Waals surface area contributed by atoms with Crippen molar-refractivity contribution >= 4 is 65.1 Å². The Hall–Kier alpha value is -6.81. The Balaban J connectivity index is 2.37. The van der Waals surface area contributed by atoms with Crippen LogP contribution in [-0.2, 0) is 68.6 Å². The van der Waals surface area contributed by atoms with Gasteiger partial charge in [0.15, 0.2) is 6.10 Å². The van der Waals surface area contributed by atoms with Crippen LogP contribution in [0.15, 0.2) is 24.3 Å². The average molecular weight is 1180 g/mol. The number of rotatable bonds is 12. The third-order valence-corrected chi connectivity index (χ3v) is 17.2. The van der Waals surface area contributed by atoms with Crippen molar-refractivity contribution in [1.82, 2.24) is 44.1 Å². The van der Waals surface area contributed by atoms with Crippen LogP contribution in [0.1, 0.15) is 120 Å². The number of hydrogen-bond acceptors (Lipinski definition) is 14. The Morgan fingerprint density at radius 3 is 1.44 bits per heavy atom. The molecule has 2 aliphatic rings. The lowest BCUT2D eigenvalue weighted by atomic mass is 9.92. The first-order valence-corrected chi connectivity index (χ1v) is 29.5. The topological polar surface area (TPSA) is 245 Å². The number of methoxy groups -OCH3 is 2. The number of carbonyl (C=O) groups excluding carboxylic acids is 11. The molecule has 0 bridgehead atoms. The van der Waals surface area contributed by atoms with Gasteiger partial charge in [-0.3, -0.25) is 47.9 Å². The molecule has 0 aromatic heterocycles. The summed E-state index contributed by atoms with van der Waals surface area (Å²) in [7, 11) is 13.9. The molecule has 0 saturated carbocycles. The molecule has 9 amide bonds. The Kier molecular flexibility index (Phi) is 26.7.